The van der Waals surface area contributed by atoms with Gasteiger partial charge in [0.15, 0.2) is 0 Å². The van der Waals surface area contributed by atoms with Crippen LogP contribution in [0.3, 0.4) is 0 Å². The van der Waals surface area contributed by atoms with Gasteiger partial charge in [0.25, 0.3) is 0 Å². The average Bonchev–Trinajstić information content (AvgIpc) is 2.14. The molecule has 1 aromatic heterocycles. The van der Waals surface area contributed by atoms with E-state index in [1.165, 1.54) is 4.88 Å². The van der Waals surface area contributed by atoms with Gasteiger partial charge in [-0.3, -0.25) is 0 Å². The molecule has 0 spiro atoms. The summed E-state index contributed by atoms with van der Waals surface area (Å²) in [5.41, 5.74) is 0. The Morgan fingerprint density at radius 3 is 3.00 bits per heavy atom. The fraction of sp³-hybridized carbons (Fsp3) is 0.333. The first kappa shape index (κ1) is 4.85. The second-order valence-corrected chi connectivity index (χ2v) is 2.36. The largest absolute Gasteiger partial charge is 0.148 e. The number of hydrogen-bond donors (Lipinski definition) is 0. The molecule has 37 valence electrons. The van der Waals surface area contributed by atoms with Gasteiger partial charge in [0.05, 0.1) is 0 Å². The summed E-state index contributed by atoms with van der Waals surface area (Å²) in [6.45, 7) is 2.15. The van der Waals surface area contributed by atoms with Gasteiger partial charge in [-0.05, 0) is 23.9 Å². The second-order valence-electron chi connectivity index (χ2n) is 1.37. The van der Waals surface area contributed by atoms with Crippen molar-refractivity contribution in [1.29, 1.82) is 0 Å². The highest BCUT2D eigenvalue weighted by atomic mass is 32.1. The van der Waals surface area contributed by atoms with Crippen molar-refractivity contribution in [3.05, 3.63) is 22.4 Å². The summed E-state index contributed by atoms with van der Waals surface area (Å²) in [6.07, 6.45) is 1.15. The molecule has 0 aliphatic heterocycles. The zero-order chi connectivity index (χ0) is 5.11. The molecular formula is C6H7S. The molecule has 0 aliphatic carbocycles. The molecule has 1 aromatic rings. The van der Waals surface area contributed by atoms with E-state index in [-0.39, 0.29) is 0 Å². The maximum Gasteiger partial charge on any atom is 0.00488 e. The Balaban J connectivity index is 2.76. The molecule has 0 saturated heterocycles. The fourth-order valence-electron chi connectivity index (χ4n) is 0.456. The van der Waals surface area contributed by atoms with Crippen molar-refractivity contribution >= 4 is 11.3 Å². The zero-order valence-corrected chi connectivity index (χ0v) is 5.09. The fourth-order valence-corrected chi connectivity index (χ4v) is 1.05. The summed E-state index contributed by atoms with van der Waals surface area (Å²) in [5, 5.41) is 1.98. The minimum atomic E-state index is 1.15. The van der Waals surface area contributed by atoms with Crippen LogP contribution in [0.15, 0.2) is 11.4 Å². The average molecular weight is 111 g/mol. The summed E-state index contributed by atoms with van der Waals surface area (Å²) in [7, 11) is 0. The van der Waals surface area contributed by atoms with Crippen LogP contribution in [0.1, 0.15) is 11.8 Å². The summed E-state index contributed by atoms with van der Waals surface area (Å²) < 4.78 is 0. The van der Waals surface area contributed by atoms with Gasteiger partial charge in [0.1, 0.15) is 0 Å². The van der Waals surface area contributed by atoms with Gasteiger partial charge < -0.3 is 0 Å². The van der Waals surface area contributed by atoms with Crippen molar-refractivity contribution in [1.82, 2.24) is 0 Å². The molecule has 0 nitrogen and oxygen atoms in total. The number of rotatable bonds is 1. The molecule has 0 saturated carbocycles. The van der Waals surface area contributed by atoms with Gasteiger partial charge in [-0.2, -0.15) is 0 Å². The van der Waals surface area contributed by atoms with Crippen molar-refractivity contribution in [2.75, 3.05) is 0 Å². The molecule has 0 aromatic carbocycles. The van der Waals surface area contributed by atoms with Crippen LogP contribution in [0.2, 0.25) is 0 Å². The van der Waals surface area contributed by atoms with Gasteiger partial charge in [-0.25, -0.2) is 0 Å². The van der Waals surface area contributed by atoms with E-state index in [1.54, 1.807) is 11.3 Å². The normalized spacial score (nSPS) is 9.29. The van der Waals surface area contributed by atoms with Crippen molar-refractivity contribution in [3.63, 3.8) is 0 Å². The van der Waals surface area contributed by atoms with Crippen LogP contribution in [0, 0.1) is 6.07 Å². The summed E-state index contributed by atoms with van der Waals surface area (Å²) >= 11 is 1.77. The molecule has 0 N–H and O–H groups in total. The Bertz CT molecular complexity index is 119. The Kier molecular flexibility index (Phi) is 1.47. The van der Waals surface area contributed by atoms with Crippen LogP contribution in [-0.4, -0.2) is 0 Å². The predicted octanol–water partition coefficient (Wildman–Crippen LogP) is 2.11. The highest BCUT2D eigenvalue weighted by Gasteiger charge is 1.83. The smallest absolute Gasteiger partial charge is 0.00488 e. The molecular weight excluding hydrogens is 104 g/mol. The Hall–Kier alpha value is -0.300. The van der Waals surface area contributed by atoms with E-state index < -0.39 is 0 Å². The van der Waals surface area contributed by atoms with E-state index in [9.17, 15) is 0 Å². The topological polar surface area (TPSA) is 0 Å². The van der Waals surface area contributed by atoms with Gasteiger partial charge >= 0.3 is 0 Å². The maximum atomic E-state index is 3.00. The zero-order valence-electron chi connectivity index (χ0n) is 4.27. The van der Waals surface area contributed by atoms with Crippen LogP contribution in [0.5, 0.6) is 0 Å². The Labute approximate surface area is 47.8 Å². The monoisotopic (exact) mass is 111 g/mol. The third-order valence-electron chi connectivity index (χ3n) is 0.871. The van der Waals surface area contributed by atoms with E-state index in [4.69, 9.17) is 0 Å². The number of aryl methyl sites for hydroxylation is 1. The van der Waals surface area contributed by atoms with Crippen LogP contribution in [0.25, 0.3) is 0 Å². The lowest BCUT2D eigenvalue weighted by atomic mass is 10.4. The standard InChI is InChI=1S/C6H7S/c1-2-6-4-3-5-7-6/h4-5H,2H2,1H3. The third kappa shape index (κ3) is 1.03. The minimum absolute atomic E-state index is 1.15. The molecule has 0 bridgehead atoms. The van der Waals surface area contributed by atoms with E-state index in [0.717, 1.165) is 6.42 Å². The SMILES string of the molecule is CCc1c[c]cs1. The first-order valence-electron chi connectivity index (χ1n) is 2.37. The Morgan fingerprint density at radius 2 is 2.71 bits per heavy atom. The molecule has 7 heavy (non-hydrogen) atoms. The van der Waals surface area contributed by atoms with Crippen molar-refractivity contribution in [2.45, 2.75) is 13.3 Å². The molecule has 0 amide bonds. The predicted molar refractivity (Wildman–Crippen MR) is 32.5 cm³/mol. The van der Waals surface area contributed by atoms with Gasteiger partial charge in [-0.1, -0.05) is 6.92 Å². The number of hydrogen-bond acceptors (Lipinski definition) is 1. The van der Waals surface area contributed by atoms with E-state index in [0.29, 0.717) is 0 Å². The summed E-state index contributed by atoms with van der Waals surface area (Å²) in [6, 6.07) is 5.03. The van der Waals surface area contributed by atoms with E-state index >= 15 is 0 Å². The third-order valence-corrected chi connectivity index (χ3v) is 1.83. The lowest BCUT2D eigenvalue weighted by molar-refractivity contribution is 1.19. The minimum Gasteiger partial charge on any atom is -0.148 e. The molecule has 1 radical (unpaired) electrons. The second kappa shape index (κ2) is 2.12. The van der Waals surface area contributed by atoms with Crippen LogP contribution < -0.4 is 0 Å². The van der Waals surface area contributed by atoms with Gasteiger partial charge in [0.2, 0.25) is 0 Å². The molecule has 1 rings (SSSR count). The molecule has 0 unspecified atom stereocenters. The quantitative estimate of drug-likeness (QED) is 0.520. The number of thiophene rings is 1. The Morgan fingerprint density at radius 1 is 1.86 bits per heavy atom. The summed E-state index contributed by atoms with van der Waals surface area (Å²) in [5.74, 6) is 0. The summed E-state index contributed by atoms with van der Waals surface area (Å²) in [4.78, 5) is 1.42. The van der Waals surface area contributed by atoms with E-state index in [1.807, 2.05) is 11.4 Å². The van der Waals surface area contributed by atoms with Gasteiger partial charge in [0, 0.05) is 4.88 Å². The molecule has 1 heterocycles. The molecule has 0 fully saturated rings. The maximum absolute atomic E-state index is 3.00. The van der Waals surface area contributed by atoms with Crippen molar-refractivity contribution in [2.24, 2.45) is 0 Å². The molecule has 0 aliphatic rings. The first-order valence-corrected chi connectivity index (χ1v) is 3.25. The van der Waals surface area contributed by atoms with Crippen molar-refractivity contribution < 1.29 is 0 Å². The van der Waals surface area contributed by atoms with E-state index in [2.05, 4.69) is 13.0 Å². The van der Waals surface area contributed by atoms with Gasteiger partial charge in [-0.15, -0.1) is 11.3 Å². The molecule has 1 heteroatoms. The molecule has 0 atom stereocenters. The van der Waals surface area contributed by atoms with Crippen LogP contribution in [-0.2, 0) is 6.42 Å². The van der Waals surface area contributed by atoms with Crippen LogP contribution in [0.4, 0.5) is 0 Å². The highest BCUT2D eigenvalue weighted by Crippen LogP contribution is 2.06. The lowest BCUT2D eigenvalue weighted by Gasteiger charge is -1.78. The first-order chi connectivity index (χ1) is 3.43. The van der Waals surface area contributed by atoms with Crippen molar-refractivity contribution in [3.8, 4) is 0 Å². The highest BCUT2D eigenvalue weighted by molar-refractivity contribution is 7.09. The van der Waals surface area contributed by atoms with Crippen LogP contribution >= 0.6 is 11.3 Å². The lowest BCUT2D eigenvalue weighted by Crippen LogP contribution is -1.63.